The number of thiophene rings is 1. The van der Waals surface area contributed by atoms with Gasteiger partial charge in [-0.3, -0.25) is 14.7 Å². The number of H-pyrrole nitrogens is 1. The number of hydrogen-bond donors (Lipinski definition) is 2. The average Bonchev–Trinajstić information content (AvgIpc) is 3.68. The zero-order chi connectivity index (χ0) is 28.6. The van der Waals surface area contributed by atoms with Gasteiger partial charge in [-0.25, -0.2) is 4.68 Å². The fourth-order valence-electron chi connectivity index (χ4n) is 6.03. The molecule has 1 aliphatic heterocycles. The van der Waals surface area contributed by atoms with Gasteiger partial charge in [-0.05, 0) is 53.3 Å². The number of hydrogen-bond acceptors (Lipinski definition) is 6. The lowest BCUT2D eigenvalue weighted by molar-refractivity contribution is -0.116. The van der Waals surface area contributed by atoms with Gasteiger partial charge in [-0.1, -0.05) is 60.7 Å². The molecule has 2 N–H and O–H groups in total. The maximum Gasteiger partial charge on any atom is 0.277 e. The van der Waals surface area contributed by atoms with Gasteiger partial charge < -0.3 is 14.8 Å². The number of Topliss-reactive ketones (excluding diaryl/α,β-unsaturated/α-hetero) is 1. The van der Waals surface area contributed by atoms with E-state index in [1.165, 1.54) is 4.88 Å². The van der Waals surface area contributed by atoms with E-state index in [2.05, 4.69) is 16.5 Å². The van der Waals surface area contributed by atoms with Crippen molar-refractivity contribution in [3.63, 3.8) is 0 Å². The predicted molar refractivity (Wildman–Crippen MR) is 164 cm³/mol. The number of benzene rings is 3. The summed E-state index contributed by atoms with van der Waals surface area (Å²) < 4.78 is 13.4. The third-order valence-corrected chi connectivity index (χ3v) is 9.04. The van der Waals surface area contributed by atoms with Crippen molar-refractivity contribution < 1.29 is 14.3 Å². The van der Waals surface area contributed by atoms with E-state index in [-0.39, 0.29) is 17.3 Å². The number of aromatic amines is 1. The quantitative estimate of drug-likeness (QED) is 0.224. The fourth-order valence-corrected chi connectivity index (χ4v) is 6.86. The maximum absolute atomic E-state index is 14.1. The van der Waals surface area contributed by atoms with Crippen LogP contribution in [0.1, 0.15) is 46.2 Å². The van der Waals surface area contributed by atoms with E-state index in [4.69, 9.17) is 9.47 Å². The van der Waals surface area contributed by atoms with Gasteiger partial charge in [0.15, 0.2) is 17.3 Å². The topological polar surface area (TPSA) is 85.4 Å². The van der Waals surface area contributed by atoms with Gasteiger partial charge in [0.25, 0.3) is 5.56 Å². The van der Waals surface area contributed by atoms with Crippen molar-refractivity contribution >= 4 is 22.9 Å². The second-order valence-electron chi connectivity index (χ2n) is 10.6. The molecule has 0 radical (unpaired) electrons. The molecule has 3 aromatic carbocycles. The third-order valence-electron chi connectivity index (χ3n) is 8.01. The van der Waals surface area contributed by atoms with Crippen LogP contribution >= 0.6 is 11.3 Å². The van der Waals surface area contributed by atoms with Gasteiger partial charge in [-0.15, -0.1) is 11.3 Å². The number of ether oxygens (including phenoxy) is 2. The Morgan fingerprint density at radius 1 is 0.905 bits per heavy atom. The number of rotatable bonds is 7. The number of nitrogens with one attached hydrogen (secondary N) is 2. The molecule has 2 aromatic heterocycles. The SMILES string of the molecule is COc1ccc(C2C3=C(CC(c4cccs4)CC3=O)Nc3[nH]n(-c4ccccc4)c(=O)c32)cc1OCc1ccccc1. The fraction of sp³-hybridized carbons (Fsp3) is 0.176. The second-order valence-corrected chi connectivity index (χ2v) is 11.5. The van der Waals surface area contributed by atoms with Gasteiger partial charge in [0.1, 0.15) is 12.4 Å². The van der Waals surface area contributed by atoms with Crippen LogP contribution in [-0.4, -0.2) is 22.7 Å². The Bertz CT molecular complexity index is 1840. The summed E-state index contributed by atoms with van der Waals surface area (Å²) in [4.78, 5) is 29.2. The third kappa shape index (κ3) is 4.63. The van der Waals surface area contributed by atoms with Crippen LogP contribution in [0.15, 0.2) is 112 Å². The Hall–Kier alpha value is -4.82. The first-order valence-electron chi connectivity index (χ1n) is 13.9. The summed E-state index contributed by atoms with van der Waals surface area (Å²) in [6.45, 7) is 0.360. The van der Waals surface area contributed by atoms with Gasteiger partial charge in [0, 0.05) is 34.4 Å². The normalized spacial score (nSPS) is 17.8. The van der Waals surface area contributed by atoms with Crippen molar-refractivity contribution in [1.82, 2.24) is 9.78 Å². The lowest BCUT2D eigenvalue weighted by Gasteiger charge is -2.34. The Balaban J connectivity index is 1.35. The summed E-state index contributed by atoms with van der Waals surface area (Å²) in [6, 6.07) is 29.2. The number of ketones is 1. The number of nitrogens with zero attached hydrogens (tertiary/aromatic N) is 1. The van der Waals surface area contributed by atoms with Crippen LogP contribution in [0.4, 0.5) is 5.82 Å². The molecule has 0 bridgehead atoms. The molecule has 5 aromatic rings. The summed E-state index contributed by atoms with van der Waals surface area (Å²) in [6.07, 6.45) is 1.08. The van der Waals surface area contributed by atoms with E-state index in [0.717, 1.165) is 22.5 Å². The zero-order valence-corrected chi connectivity index (χ0v) is 23.8. The molecule has 42 heavy (non-hydrogen) atoms. The summed E-state index contributed by atoms with van der Waals surface area (Å²) in [5.41, 5.74) is 4.36. The van der Waals surface area contributed by atoms with Crippen molar-refractivity contribution in [1.29, 1.82) is 0 Å². The van der Waals surface area contributed by atoms with E-state index in [9.17, 15) is 9.59 Å². The van der Waals surface area contributed by atoms with E-state index in [1.54, 1.807) is 23.1 Å². The average molecular weight is 576 g/mol. The number of carbonyl (C=O) groups excluding carboxylic acids is 1. The van der Waals surface area contributed by atoms with E-state index < -0.39 is 5.92 Å². The lowest BCUT2D eigenvalue weighted by atomic mass is 9.74. The summed E-state index contributed by atoms with van der Waals surface area (Å²) in [5.74, 6) is 1.32. The molecule has 210 valence electrons. The van der Waals surface area contributed by atoms with E-state index >= 15 is 0 Å². The molecule has 8 heteroatoms. The Morgan fingerprint density at radius 3 is 2.43 bits per heavy atom. The second kappa shape index (κ2) is 10.9. The maximum atomic E-state index is 14.1. The van der Waals surface area contributed by atoms with Crippen LogP contribution in [0.2, 0.25) is 0 Å². The van der Waals surface area contributed by atoms with Crippen LogP contribution in [0.25, 0.3) is 5.69 Å². The first kappa shape index (κ1) is 26.1. The number of allylic oxidation sites excluding steroid dienone is 2. The number of fused-ring (bicyclic) bond motifs is 1. The molecule has 3 heterocycles. The van der Waals surface area contributed by atoms with Gasteiger partial charge in [0.2, 0.25) is 0 Å². The molecule has 2 aliphatic rings. The van der Waals surface area contributed by atoms with Crippen LogP contribution in [0.5, 0.6) is 11.5 Å². The highest BCUT2D eigenvalue weighted by molar-refractivity contribution is 7.10. The number of para-hydroxylation sites is 1. The standard InChI is InChI=1S/C34H29N3O4S/c1-40-27-15-14-22(19-28(27)41-20-21-9-4-2-5-10-21)30-31-25(17-23(18-26(31)38)29-13-8-16-42-29)35-33-32(30)34(39)37(36-33)24-11-6-3-7-12-24/h2-16,19,23,30,35-36H,17-18,20H2,1H3. The molecule has 0 spiro atoms. The van der Waals surface area contributed by atoms with Crippen molar-refractivity contribution in [2.45, 2.75) is 31.3 Å². The summed E-state index contributed by atoms with van der Waals surface area (Å²) in [5, 5.41) is 8.81. The predicted octanol–water partition coefficient (Wildman–Crippen LogP) is 6.77. The minimum absolute atomic E-state index is 0.0484. The highest BCUT2D eigenvalue weighted by Gasteiger charge is 2.41. The Labute approximate surface area is 247 Å². The molecular formula is C34H29N3O4S. The van der Waals surface area contributed by atoms with Crippen LogP contribution in [0, 0.1) is 0 Å². The summed E-state index contributed by atoms with van der Waals surface area (Å²) in [7, 11) is 1.60. The smallest absolute Gasteiger partial charge is 0.277 e. The molecule has 0 saturated carbocycles. The summed E-state index contributed by atoms with van der Waals surface area (Å²) >= 11 is 1.67. The van der Waals surface area contributed by atoms with Crippen LogP contribution in [0.3, 0.4) is 0 Å². The van der Waals surface area contributed by atoms with Gasteiger partial charge in [0.05, 0.1) is 18.4 Å². The molecule has 7 nitrogen and oxygen atoms in total. The van der Waals surface area contributed by atoms with E-state index in [0.29, 0.717) is 47.9 Å². The molecule has 0 amide bonds. The number of anilines is 1. The number of methoxy groups -OCH3 is 1. The van der Waals surface area contributed by atoms with Crippen molar-refractivity contribution in [2.75, 3.05) is 12.4 Å². The molecule has 0 fully saturated rings. The molecule has 2 unspecified atom stereocenters. The molecule has 1 aliphatic carbocycles. The lowest BCUT2D eigenvalue weighted by Crippen LogP contribution is -2.31. The zero-order valence-electron chi connectivity index (χ0n) is 23.0. The van der Waals surface area contributed by atoms with Crippen LogP contribution in [-0.2, 0) is 11.4 Å². The van der Waals surface area contributed by atoms with Gasteiger partial charge in [-0.2, -0.15) is 0 Å². The molecule has 0 saturated heterocycles. The number of carbonyl (C=O) groups is 1. The largest absolute Gasteiger partial charge is 0.493 e. The monoisotopic (exact) mass is 575 g/mol. The van der Waals surface area contributed by atoms with Crippen molar-refractivity contribution in [3.05, 3.63) is 140 Å². The van der Waals surface area contributed by atoms with Crippen molar-refractivity contribution in [3.8, 4) is 17.2 Å². The highest BCUT2D eigenvalue weighted by atomic mass is 32.1. The molecule has 7 rings (SSSR count). The number of aromatic nitrogens is 2. The first-order valence-corrected chi connectivity index (χ1v) is 14.8. The van der Waals surface area contributed by atoms with Crippen LogP contribution < -0.4 is 20.3 Å². The van der Waals surface area contributed by atoms with Gasteiger partial charge >= 0.3 is 0 Å². The molecular weight excluding hydrogens is 546 g/mol. The Kier molecular flexibility index (Phi) is 6.76. The van der Waals surface area contributed by atoms with Crippen molar-refractivity contribution in [2.24, 2.45) is 0 Å². The van der Waals surface area contributed by atoms with E-state index in [1.807, 2.05) is 90.3 Å². The molecule has 2 atom stereocenters. The minimum Gasteiger partial charge on any atom is -0.493 e. The first-order chi connectivity index (χ1) is 20.6. The Morgan fingerprint density at radius 2 is 1.69 bits per heavy atom. The highest BCUT2D eigenvalue weighted by Crippen LogP contribution is 2.48. The minimum atomic E-state index is -0.563.